The lowest BCUT2D eigenvalue weighted by molar-refractivity contribution is 1.45. The maximum atomic E-state index is 5.56. The highest BCUT2D eigenvalue weighted by molar-refractivity contribution is 6.28. The third kappa shape index (κ3) is 2.09. The summed E-state index contributed by atoms with van der Waals surface area (Å²) in [6.45, 7) is 4.07. The number of hydrogen-bond acceptors (Lipinski definition) is 0. The van der Waals surface area contributed by atoms with Gasteiger partial charge in [0, 0.05) is 5.54 Å². The quantitative estimate of drug-likeness (QED) is 0.598. The fourth-order valence-electron chi connectivity index (χ4n) is 0.879. The third-order valence-electron chi connectivity index (χ3n) is 1.67. The third-order valence-corrected chi connectivity index (χ3v) is 2.00. The van der Waals surface area contributed by atoms with E-state index >= 15 is 0 Å². The van der Waals surface area contributed by atoms with Crippen molar-refractivity contribution in [3.8, 4) is 0 Å². The van der Waals surface area contributed by atoms with Crippen LogP contribution in [-0.4, -0.2) is 0 Å². The van der Waals surface area contributed by atoms with Crippen molar-refractivity contribution < 1.29 is 0 Å². The lowest BCUT2D eigenvalue weighted by Gasteiger charge is -1.99. The van der Waals surface area contributed by atoms with Crippen molar-refractivity contribution in [1.29, 1.82) is 0 Å². The maximum absolute atomic E-state index is 5.56. The number of allylic oxidation sites excluding steroid dienone is 1. The van der Waals surface area contributed by atoms with Gasteiger partial charge in [0.2, 0.25) is 0 Å². The summed E-state index contributed by atoms with van der Waals surface area (Å²) >= 11 is 5.56. The summed E-state index contributed by atoms with van der Waals surface area (Å²) in [7, 11) is 0. The summed E-state index contributed by atoms with van der Waals surface area (Å²) in [6, 6.07) is 8.31. The molecular formula is C10H11Cl. The molecule has 1 aromatic carbocycles. The second-order valence-electron chi connectivity index (χ2n) is 2.66. The first-order valence-corrected chi connectivity index (χ1v) is 4.01. The van der Waals surface area contributed by atoms with E-state index in [1.165, 1.54) is 11.1 Å². The van der Waals surface area contributed by atoms with Gasteiger partial charge in [0.05, 0.1) is 0 Å². The molecule has 0 heterocycles. The van der Waals surface area contributed by atoms with Gasteiger partial charge in [-0.05, 0) is 25.0 Å². The summed E-state index contributed by atoms with van der Waals surface area (Å²) in [4.78, 5) is 0. The highest BCUT2D eigenvalue weighted by Crippen LogP contribution is 2.14. The standard InChI is InChI=1S/C10H11Cl/c1-8-3-5-10(6-4-8)9(2)7-11/h3-7H,1-2H3. The minimum atomic E-state index is 1.10. The SMILES string of the molecule is CC(=CCl)c1ccc(C)cc1. The van der Waals surface area contributed by atoms with E-state index in [1.54, 1.807) is 5.54 Å². The second kappa shape index (κ2) is 3.59. The van der Waals surface area contributed by atoms with E-state index in [9.17, 15) is 0 Å². The zero-order valence-corrected chi connectivity index (χ0v) is 7.52. The van der Waals surface area contributed by atoms with Gasteiger partial charge in [-0.25, -0.2) is 0 Å². The van der Waals surface area contributed by atoms with Gasteiger partial charge in [0.25, 0.3) is 0 Å². The normalized spacial score (nSPS) is 11.7. The molecule has 58 valence electrons. The molecule has 0 amide bonds. The van der Waals surface area contributed by atoms with Crippen molar-refractivity contribution in [2.24, 2.45) is 0 Å². The summed E-state index contributed by atoms with van der Waals surface area (Å²) in [6.07, 6.45) is 0. The molecule has 1 rings (SSSR count). The van der Waals surface area contributed by atoms with Crippen LogP contribution in [-0.2, 0) is 0 Å². The van der Waals surface area contributed by atoms with Crippen LogP contribution in [0.2, 0.25) is 0 Å². The highest BCUT2D eigenvalue weighted by atomic mass is 35.5. The van der Waals surface area contributed by atoms with Crippen LogP contribution in [0.5, 0.6) is 0 Å². The van der Waals surface area contributed by atoms with E-state index in [1.807, 2.05) is 6.92 Å². The van der Waals surface area contributed by atoms with Crippen LogP contribution in [0.1, 0.15) is 18.1 Å². The second-order valence-corrected chi connectivity index (χ2v) is 2.88. The van der Waals surface area contributed by atoms with Crippen molar-refractivity contribution in [2.45, 2.75) is 13.8 Å². The molecule has 0 aliphatic heterocycles. The molecule has 0 saturated heterocycles. The number of halogens is 1. The summed E-state index contributed by atoms with van der Waals surface area (Å²) < 4.78 is 0. The molecule has 0 saturated carbocycles. The van der Waals surface area contributed by atoms with Crippen molar-refractivity contribution in [1.82, 2.24) is 0 Å². The Balaban J connectivity index is 2.99. The molecule has 0 radical (unpaired) electrons. The van der Waals surface area contributed by atoms with Crippen LogP contribution in [0.3, 0.4) is 0 Å². The summed E-state index contributed by atoms with van der Waals surface area (Å²) in [5.41, 5.74) is 5.17. The smallest absolute Gasteiger partial charge is 0.00777 e. The molecule has 0 N–H and O–H groups in total. The molecule has 0 unspecified atom stereocenters. The minimum absolute atomic E-state index is 1.10. The Morgan fingerprint density at radius 2 is 1.82 bits per heavy atom. The van der Waals surface area contributed by atoms with Crippen LogP contribution in [0.4, 0.5) is 0 Å². The van der Waals surface area contributed by atoms with Gasteiger partial charge in [0.1, 0.15) is 0 Å². The van der Waals surface area contributed by atoms with Crippen LogP contribution in [0, 0.1) is 6.92 Å². The van der Waals surface area contributed by atoms with E-state index in [-0.39, 0.29) is 0 Å². The van der Waals surface area contributed by atoms with Crippen molar-refractivity contribution >= 4 is 17.2 Å². The highest BCUT2D eigenvalue weighted by Gasteiger charge is 1.92. The number of rotatable bonds is 1. The van der Waals surface area contributed by atoms with E-state index in [0.29, 0.717) is 0 Å². The molecule has 11 heavy (non-hydrogen) atoms. The molecule has 1 heteroatoms. The Kier molecular flexibility index (Phi) is 2.72. The lowest BCUT2D eigenvalue weighted by atomic mass is 10.1. The summed E-state index contributed by atoms with van der Waals surface area (Å²) in [5, 5.41) is 0. The molecule has 0 aliphatic carbocycles. The molecule has 0 nitrogen and oxygen atoms in total. The molecule has 0 aromatic heterocycles. The Morgan fingerprint density at radius 1 is 1.27 bits per heavy atom. The van der Waals surface area contributed by atoms with Crippen molar-refractivity contribution in [2.75, 3.05) is 0 Å². The van der Waals surface area contributed by atoms with E-state index in [2.05, 4.69) is 31.2 Å². The van der Waals surface area contributed by atoms with Gasteiger partial charge in [-0.2, -0.15) is 0 Å². The molecular weight excluding hydrogens is 156 g/mol. The number of aryl methyl sites for hydroxylation is 1. The fraction of sp³-hybridized carbons (Fsp3) is 0.200. The fourth-order valence-corrected chi connectivity index (χ4v) is 1.01. The Hall–Kier alpha value is -0.750. The monoisotopic (exact) mass is 166 g/mol. The van der Waals surface area contributed by atoms with Crippen LogP contribution < -0.4 is 0 Å². The topological polar surface area (TPSA) is 0 Å². The minimum Gasteiger partial charge on any atom is -0.0926 e. The largest absolute Gasteiger partial charge is 0.0926 e. The number of benzene rings is 1. The van der Waals surface area contributed by atoms with Crippen LogP contribution in [0.15, 0.2) is 29.8 Å². The van der Waals surface area contributed by atoms with E-state index in [0.717, 1.165) is 5.57 Å². The van der Waals surface area contributed by atoms with Crippen molar-refractivity contribution in [3.63, 3.8) is 0 Å². The number of hydrogen-bond donors (Lipinski definition) is 0. The van der Waals surface area contributed by atoms with E-state index < -0.39 is 0 Å². The molecule has 0 aliphatic rings. The van der Waals surface area contributed by atoms with Gasteiger partial charge in [-0.3, -0.25) is 0 Å². The zero-order valence-electron chi connectivity index (χ0n) is 6.76. The predicted octanol–water partition coefficient (Wildman–Crippen LogP) is 3.59. The van der Waals surface area contributed by atoms with Crippen LogP contribution >= 0.6 is 11.6 Å². The van der Waals surface area contributed by atoms with Gasteiger partial charge in [-0.15, -0.1) is 0 Å². The molecule has 0 atom stereocenters. The summed E-state index contributed by atoms with van der Waals surface area (Å²) in [5.74, 6) is 0. The average molecular weight is 167 g/mol. The van der Waals surface area contributed by atoms with Gasteiger partial charge in [0.15, 0.2) is 0 Å². The first-order valence-electron chi connectivity index (χ1n) is 3.58. The van der Waals surface area contributed by atoms with Gasteiger partial charge in [-0.1, -0.05) is 41.4 Å². The molecule has 1 aromatic rings. The molecule has 0 fully saturated rings. The zero-order chi connectivity index (χ0) is 8.27. The van der Waals surface area contributed by atoms with Gasteiger partial charge >= 0.3 is 0 Å². The van der Waals surface area contributed by atoms with Crippen LogP contribution in [0.25, 0.3) is 5.57 Å². The Bertz CT molecular complexity index is 257. The predicted molar refractivity (Wildman–Crippen MR) is 50.7 cm³/mol. The average Bonchev–Trinajstić information content (AvgIpc) is 2.05. The Morgan fingerprint density at radius 3 is 2.27 bits per heavy atom. The first kappa shape index (κ1) is 8.35. The van der Waals surface area contributed by atoms with Crippen molar-refractivity contribution in [3.05, 3.63) is 40.9 Å². The Labute approximate surface area is 72.5 Å². The molecule has 0 bridgehead atoms. The molecule has 0 spiro atoms. The maximum Gasteiger partial charge on any atom is 0.00777 e. The van der Waals surface area contributed by atoms with Gasteiger partial charge < -0.3 is 0 Å². The lowest BCUT2D eigenvalue weighted by Crippen LogP contribution is -1.77. The first-order chi connectivity index (χ1) is 5.24. The van der Waals surface area contributed by atoms with E-state index in [4.69, 9.17) is 11.6 Å².